The van der Waals surface area contributed by atoms with Gasteiger partial charge in [0.25, 0.3) is 5.69 Å². The first-order valence-electron chi connectivity index (χ1n) is 6.91. The number of nitrogens with zero attached hydrogens (tertiary/aromatic N) is 2. The van der Waals surface area contributed by atoms with Crippen LogP contribution in [0.3, 0.4) is 0 Å². The normalized spacial score (nSPS) is 10.1. The lowest BCUT2D eigenvalue weighted by atomic mass is 10.1. The first-order valence-corrected chi connectivity index (χ1v) is 6.91. The fourth-order valence-electron chi connectivity index (χ4n) is 2.12. The summed E-state index contributed by atoms with van der Waals surface area (Å²) in [6, 6.07) is 9.24. The van der Waals surface area contributed by atoms with Gasteiger partial charge in [-0.05, 0) is 36.4 Å². The maximum atomic E-state index is 12.8. The van der Waals surface area contributed by atoms with Gasteiger partial charge in [0.2, 0.25) is 5.91 Å². The summed E-state index contributed by atoms with van der Waals surface area (Å²) in [7, 11) is 1.52. The molecular formula is C16H14FN3O4. The van der Waals surface area contributed by atoms with E-state index in [0.717, 1.165) is 6.07 Å². The van der Waals surface area contributed by atoms with Crippen molar-refractivity contribution < 1.29 is 18.9 Å². The maximum Gasteiger partial charge on any atom is 0.293 e. The number of rotatable bonds is 6. The molecule has 0 aliphatic rings. The largest absolute Gasteiger partial charge is 0.360 e. The fraction of sp³-hybridized carbons (Fsp3) is 0.125. The first kappa shape index (κ1) is 17.1. The molecule has 0 saturated carbocycles. The molecule has 0 unspecified atom stereocenters. The van der Waals surface area contributed by atoms with Crippen molar-refractivity contribution in [3.8, 4) is 0 Å². The number of halogens is 1. The summed E-state index contributed by atoms with van der Waals surface area (Å²) < 4.78 is 12.8. The highest BCUT2D eigenvalue weighted by Crippen LogP contribution is 2.28. The van der Waals surface area contributed by atoms with Crippen LogP contribution >= 0.6 is 0 Å². The number of carbonyl (C=O) groups is 2. The third kappa shape index (κ3) is 4.13. The summed E-state index contributed by atoms with van der Waals surface area (Å²) in [6.45, 7) is -0.154. The Morgan fingerprint density at radius 3 is 2.54 bits per heavy atom. The van der Waals surface area contributed by atoms with Gasteiger partial charge in [-0.1, -0.05) is 0 Å². The summed E-state index contributed by atoms with van der Waals surface area (Å²) in [4.78, 5) is 34.7. The van der Waals surface area contributed by atoms with Crippen molar-refractivity contribution in [1.29, 1.82) is 0 Å². The van der Waals surface area contributed by atoms with Crippen molar-refractivity contribution in [2.45, 2.75) is 0 Å². The molecule has 0 radical (unpaired) electrons. The van der Waals surface area contributed by atoms with Crippen LogP contribution in [0.5, 0.6) is 0 Å². The minimum Gasteiger partial charge on any atom is -0.360 e. The molecule has 2 aromatic carbocycles. The quantitative estimate of drug-likeness (QED) is 0.499. The van der Waals surface area contributed by atoms with Gasteiger partial charge >= 0.3 is 0 Å². The van der Waals surface area contributed by atoms with E-state index in [0.29, 0.717) is 12.0 Å². The Balaban J connectivity index is 2.12. The van der Waals surface area contributed by atoms with Crippen LogP contribution in [-0.2, 0) is 4.79 Å². The Morgan fingerprint density at radius 2 is 1.96 bits per heavy atom. The van der Waals surface area contributed by atoms with Crippen LogP contribution in [0.2, 0.25) is 0 Å². The molecule has 0 atom stereocenters. The fourth-order valence-corrected chi connectivity index (χ4v) is 2.12. The lowest BCUT2D eigenvalue weighted by molar-refractivity contribution is -0.384. The third-order valence-electron chi connectivity index (χ3n) is 3.25. The SMILES string of the molecule is CN(CC(=O)Nc1ccc(F)cc1)c1ccc(C=O)cc1[N+](=O)[O-]. The third-order valence-corrected chi connectivity index (χ3v) is 3.25. The zero-order valence-electron chi connectivity index (χ0n) is 12.7. The summed E-state index contributed by atoms with van der Waals surface area (Å²) in [6.07, 6.45) is 0.512. The molecule has 8 heteroatoms. The molecular weight excluding hydrogens is 317 g/mol. The molecule has 1 amide bonds. The van der Waals surface area contributed by atoms with E-state index >= 15 is 0 Å². The van der Waals surface area contributed by atoms with Crippen LogP contribution in [0.15, 0.2) is 42.5 Å². The zero-order chi connectivity index (χ0) is 17.7. The number of carbonyl (C=O) groups excluding carboxylic acids is 2. The van der Waals surface area contributed by atoms with Crippen molar-refractivity contribution in [3.05, 3.63) is 64.0 Å². The highest BCUT2D eigenvalue weighted by atomic mass is 19.1. The van der Waals surface area contributed by atoms with Crippen molar-refractivity contribution in [1.82, 2.24) is 0 Å². The molecule has 7 nitrogen and oxygen atoms in total. The number of hydrogen-bond donors (Lipinski definition) is 1. The summed E-state index contributed by atoms with van der Waals surface area (Å²) in [5, 5.41) is 13.7. The Bertz CT molecular complexity index is 777. The molecule has 124 valence electrons. The maximum absolute atomic E-state index is 12.8. The highest BCUT2D eigenvalue weighted by Gasteiger charge is 2.19. The number of nitro groups is 1. The summed E-state index contributed by atoms with van der Waals surface area (Å²) in [5.74, 6) is -0.839. The average Bonchev–Trinajstić information content (AvgIpc) is 2.56. The van der Waals surface area contributed by atoms with Crippen molar-refractivity contribution in [3.63, 3.8) is 0 Å². The van der Waals surface area contributed by atoms with E-state index < -0.39 is 16.6 Å². The number of anilines is 2. The number of aldehydes is 1. The van der Waals surface area contributed by atoms with Gasteiger partial charge in [-0.3, -0.25) is 19.7 Å². The van der Waals surface area contributed by atoms with Gasteiger partial charge in [-0.2, -0.15) is 0 Å². The zero-order valence-corrected chi connectivity index (χ0v) is 12.7. The number of hydrogen-bond acceptors (Lipinski definition) is 5. The average molecular weight is 331 g/mol. The Morgan fingerprint density at radius 1 is 1.29 bits per heavy atom. The second-order valence-electron chi connectivity index (χ2n) is 5.03. The Kier molecular flexibility index (Phi) is 5.20. The first-order chi connectivity index (χ1) is 11.4. The Hall–Kier alpha value is -3.29. The molecule has 0 aromatic heterocycles. The molecule has 0 bridgehead atoms. The van der Waals surface area contributed by atoms with Gasteiger partial charge < -0.3 is 10.2 Å². The van der Waals surface area contributed by atoms with E-state index in [1.165, 1.54) is 48.3 Å². The second-order valence-corrected chi connectivity index (χ2v) is 5.03. The molecule has 0 saturated heterocycles. The van der Waals surface area contributed by atoms with Gasteiger partial charge in [0, 0.05) is 24.4 Å². The molecule has 0 spiro atoms. The molecule has 24 heavy (non-hydrogen) atoms. The molecule has 0 aliphatic heterocycles. The van der Waals surface area contributed by atoms with Crippen LogP contribution in [0.4, 0.5) is 21.5 Å². The molecule has 2 aromatic rings. The lowest BCUT2D eigenvalue weighted by Gasteiger charge is -2.18. The van der Waals surface area contributed by atoms with Crippen molar-refractivity contribution >= 4 is 29.3 Å². The van der Waals surface area contributed by atoms with E-state index in [1.807, 2.05) is 0 Å². The van der Waals surface area contributed by atoms with Gasteiger partial charge in [-0.15, -0.1) is 0 Å². The molecule has 0 aliphatic carbocycles. The second kappa shape index (κ2) is 7.32. The van der Waals surface area contributed by atoms with E-state index in [4.69, 9.17) is 0 Å². The van der Waals surface area contributed by atoms with Gasteiger partial charge in [-0.25, -0.2) is 4.39 Å². The van der Waals surface area contributed by atoms with E-state index in [2.05, 4.69) is 5.32 Å². The molecule has 0 heterocycles. The molecule has 2 rings (SSSR count). The Labute approximate surface area is 136 Å². The van der Waals surface area contributed by atoms with Crippen LogP contribution in [0.25, 0.3) is 0 Å². The van der Waals surface area contributed by atoms with Crippen LogP contribution in [0.1, 0.15) is 10.4 Å². The number of benzene rings is 2. The highest BCUT2D eigenvalue weighted by molar-refractivity contribution is 5.94. The predicted octanol–water partition coefficient (Wildman–Crippen LogP) is 2.62. The smallest absolute Gasteiger partial charge is 0.293 e. The van der Waals surface area contributed by atoms with Crippen LogP contribution in [-0.4, -0.2) is 30.7 Å². The van der Waals surface area contributed by atoms with E-state index in [1.54, 1.807) is 0 Å². The minimum atomic E-state index is -0.614. The van der Waals surface area contributed by atoms with Crippen LogP contribution < -0.4 is 10.2 Å². The van der Waals surface area contributed by atoms with Gasteiger partial charge in [0.1, 0.15) is 17.8 Å². The molecule has 1 N–H and O–H groups in total. The van der Waals surface area contributed by atoms with Gasteiger partial charge in [0.05, 0.1) is 11.5 Å². The number of nitrogens with one attached hydrogen (secondary N) is 1. The lowest BCUT2D eigenvalue weighted by Crippen LogP contribution is -2.30. The van der Waals surface area contributed by atoms with E-state index in [9.17, 15) is 24.1 Å². The molecule has 0 fully saturated rings. The van der Waals surface area contributed by atoms with Crippen molar-refractivity contribution in [2.75, 3.05) is 23.8 Å². The standard InChI is InChI=1S/C16H14FN3O4/c1-19(9-16(22)18-13-5-3-12(17)4-6-13)14-7-2-11(10-21)8-15(14)20(23)24/h2-8,10H,9H2,1H3,(H,18,22). The van der Waals surface area contributed by atoms with Gasteiger partial charge in [0.15, 0.2) is 0 Å². The monoisotopic (exact) mass is 331 g/mol. The summed E-state index contributed by atoms with van der Waals surface area (Å²) >= 11 is 0. The van der Waals surface area contributed by atoms with E-state index in [-0.39, 0.29) is 23.5 Å². The topological polar surface area (TPSA) is 92.6 Å². The summed E-state index contributed by atoms with van der Waals surface area (Å²) in [5.41, 5.74) is 0.534. The number of nitro benzene ring substituents is 1. The minimum absolute atomic E-state index is 0.154. The predicted molar refractivity (Wildman–Crippen MR) is 86.8 cm³/mol. The number of amides is 1. The van der Waals surface area contributed by atoms with Crippen LogP contribution in [0, 0.1) is 15.9 Å². The van der Waals surface area contributed by atoms with Crippen molar-refractivity contribution in [2.24, 2.45) is 0 Å². The number of likely N-dealkylation sites (N-methyl/N-ethyl adjacent to an activating group) is 1.